The van der Waals surface area contributed by atoms with E-state index < -0.39 is 10.8 Å². The SMILES string of the molecule is CCCCOCCOc1ccc(-c2ccc3c(c2)C=C(C(=O)Nc2ccc(S(=O)Cc4nccn4C)cc2)CCN3CC(C)C)cc1. The lowest BCUT2D eigenvalue weighted by Crippen LogP contribution is -2.29. The molecule has 1 aliphatic rings. The molecule has 3 aromatic carbocycles. The number of hydrogen-bond acceptors (Lipinski definition) is 6. The van der Waals surface area contributed by atoms with Crippen LogP contribution in [0, 0.1) is 5.92 Å². The third-order valence-corrected chi connectivity index (χ3v) is 9.43. The third-order valence-electron chi connectivity index (χ3n) is 8.11. The maximum absolute atomic E-state index is 13.6. The summed E-state index contributed by atoms with van der Waals surface area (Å²) in [6, 6.07) is 21.9. The molecule has 248 valence electrons. The molecule has 0 fully saturated rings. The number of aromatic nitrogens is 2. The number of carbonyl (C=O) groups excluding carboxylic acids is 1. The van der Waals surface area contributed by atoms with Gasteiger partial charge in [-0.25, -0.2) is 4.98 Å². The number of nitrogens with zero attached hydrogens (tertiary/aromatic N) is 3. The van der Waals surface area contributed by atoms with Crippen molar-refractivity contribution in [1.29, 1.82) is 0 Å². The van der Waals surface area contributed by atoms with E-state index in [9.17, 15) is 9.00 Å². The van der Waals surface area contributed by atoms with Gasteiger partial charge in [-0.05, 0) is 90.1 Å². The number of hydrogen-bond donors (Lipinski definition) is 1. The van der Waals surface area contributed by atoms with Crippen LogP contribution in [-0.2, 0) is 33.1 Å². The molecule has 1 amide bonds. The minimum absolute atomic E-state index is 0.130. The monoisotopic (exact) mass is 654 g/mol. The highest BCUT2D eigenvalue weighted by Gasteiger charge is 2.21. The number of carbonyl (C=O) groups is 1. The van der Waals surface area contributed by atoms with E-state index in [1.54, 1.807) is 18.3 Å². The molecular formula is C38H46N4O4S. The summed E-state index contributed by atoms with van der Waals surface area (Å²) in [7, 11) is 0.658. The van der Waals surface area contributed by atoms with E-state index in [-0.39, 0.29) is 5.91 Å². The number of anilines is 2. The van der Waals surface area contributed by atoms with Gasteiger partial charge in [0.25, 0.3) is 5.91 Å². The van der Waals surface area contributed by atoms with Crippen LogP contribution in [0.15, 0.2) is 89.6 Å². The molecule has 0 bridgehead atoms. The summed E-state index contributed by atoms with van der Waals surface area (Å²) in [4.78, 5) is 20.9. The van der Waals surface area contributed by atoms with Gasteiger partial charge in [-0.2, -0.15) is 0 Å². The van der Waals surface area contributed by atoms with Crippen molar-refractivity contribution in [2.75, 3.05) is 43.1 Å². The number of imidazole rings is 1. The number of ether oxygens (including phenoxy) is 2. The van der Waals surface area contributed by atoms with Gasteiger partial charge >= 0.3 is 0 Å². The van der Waals surface area contributed by atoms with Crippen LogP contribution >= 0.6 is 0 Å². The molecule has 8 nitrogen and oxygen atoms in total. The van der Waals surface area contributed by atoms with E-state index >= 15 is 0 Å². The van der Waals surface area contributed by atoms with Crippen molar-refractivity contribution in [3.63, 3.8) is 0 Å². The number of amides is 1. The fraction of sp³-hybridized carbons (Fsp3) is 0.368. The maximum atomic E-state index is 13.6. The zero-order chi connectivity index (χ0) is 33.2. The van der Waals surface area contributed by atoms with Gasteiger partial charge in [0.2, 0.25) is 0 Å². The van der Waals surface area contributed by atoms with Crippen LogP contribution in [-0.4, -0.2) is 52.6 Å². The second kappa shape index (κ2) is 16.6. The summed E-state index contributed by atoms with van der Waals surface area (Å²) in [6.07, 6.45) is 8.39. The molecule has 1 atom stereocenters. The Hall–Kier alpha value is -4.21. The van der Waals surface area contributed by atoms with E-state index in [0.717, 1.165) is 72.1 Å². The standard InChI is InChI=1S/C38H46N4O4S/c1-5-6-21-45-22-23-46-34-12-7-29(8-13-34)30-9-16-36-32(24-30)25-31(17-19-42(36)26-28(2)3)38(43)40-33-10-14-35(15-11-33)47(44)27-37-39-18-20-41(37)4/h7-16,18,20,24-25,28H,5-6,17,19,21-23,26-27H2,1-4H3,(H,40,43). The average Bonchev–Trinajstić information content (AvgIpc) is 3.38. The van der Waals surface area contributed by atoms with E-state index in [4.69, 9.17) is 9.47 Å². The fourth-order valence-corrected chi connectivity index (χ4v) is 6.65. The van der Waals surface area contributed by atoms with Crippen LogP contribution in [0.3, 0.4) is 0 Å². The molecule has 1 unspecified atom stereocenters. The van der Waals surface area contributed by atoms with Crippen LogP contribution in [0.5, 0.6) is 5.75 Å². The van der Waals surface area contributed by atoms with Crippen LogP contribution in [0.4, 0.5) is 11.4 Å². The average molecular weight is 655 g/mol. The van der Waals surface area contributed by atoms with Crippen molar-refractivity contribution in [1.82, 2.24) is 9.55 Å². The van der Waals surface area contributed by atoms with Crippen LogP contribution < -0.4 is 15.0 Å². The lowest BCUT2D eigenvalue weighted by atomic mass is 10.00. The fourth-order valence-electron chi connectivity index (χ4n) is 5.53. The molecule has 1 aliphatic heterocycles. The Morgan fingerprint density at radius 2 is 1.77 bits per heavy atom. The number of nitrogens with one attached hydrogen (secondary N) is 1. The summed E-state index contributed by atoms with van der Waals surface area (Å²) < 4.78 is 26.2. The Morgan fingerprint density at radius 3 is 2.47 bits per heavy atom. The summed E-state index contributed by atoms with van der Waals surface area (Å²) >= 11 is 0. The second-order valence-electron chi connectivity index (χ2n) is 12.3. The number of unbranched alkanes of at least 4 members (excludes halogenated alkanes) is 1. The number of rotatable bonds is 15. The predicted molar refractivity (Wildman–Crippen MR) is 191 cm³/mol. The normalized spacial score (nSPS) is 13.6. The number of aryl methyl sites for hydroxylation is 1. The van der Waals surface area contributed by atoms with Crippen molar-refractivity contribution in [2.45, 2.75) is 50.7 Å². The van der Waals surface area contributed by atoms with E-state index in [2.05, 4.69) is 66.3 Å². The van der Waals surface area contributed by atoms with Gasteiger partial charge in [-0.15, -0.1) is 0 Å². The van der Waals surface area contributed by atoms with Gasteiger partial charge in [0, 0.05) is 61.0 Å². The van der Waals surface area contributed by atoms with Gasteiger partial charge < -0.3 is 24.3 Å². The lowest BCUT2D eigenvalue weighted by molar-refractivity contribution is -0.112. The van der Waals surface area contributed by atoms with Crippen molar-refractivity contribution >= 4 is 34.2 Å². The Morgan fingerprint density at radius 1 is 1.00 bits per heavy atom. The summed E-state index contributed by atoms with van der Waals surface area (Å²) in [5.41, 5.74) is 5.71. The molecule has 0 saturated carbocycles. The van der Waals surface area contributed by atoms with Crippen LogP contribution in [0.1, 0.15) is 51.4 Å². The van der Waals surface area contributed by atoms with Gasteiger partial charge in [0.05, 0.1) is 23.2 Å². The number of fused-ring (bicyclic) bond motifs is 1. The van der Waals surface area contributed by atoms with Gasteiger partial charge in [-0.1, -0.05) is 45.4 Å². The Labute approximate surface area is 281 Å². The summed E-state index contributed by atoms with van der Waals surface area (Å²) in [5, 5.41) is 3.07. The highest BCUT2D eigenvalue weighted by molar-refractivity contribution is 7.84. The van der Waals surface area contributed by atoms with E-state index in [0.29, 0.717) is 41.9 Å². The zero-order valence-corrected chi connectivity index (χ0v) is 28.7. The molecule has 4 aromatic rings. The van der Waals surface area contributed by atoms with Crippen molar-refractivity contribution in [3.8, 4) is 16.9 Å². The summed E-state index contributed by atoms with van der Waals surface area (Å²) in [6.45, 7) is 10.1. The van der Waals surface area contributed by atoms with Gasteiger partial charge in [0.15, 0.2) is 0 Å². The predicted octanol–water partition coefficient (Wildman–Crippen LogP) is 7.48. The second-order valence-corrected chi connectivity index (χ2v) is 13.7. The van der Waals surface area contributed by atoms with E-state index in [1.807, 2.05) is 48.2 Å². The molecule has 0 spiro atoms. The van der Waals surface area contributed by atoms with Crippen LogP contribution in [0.25, 0.3) is 17.2 Å². The summed E-state index contributed by atoms with van der Waals surface area (Å²) in [5.74, 6) is 2.26. The first kappa shape index (κ1) is 34.1. The largest absolute Gasteiger partial charge is 0.491 e. The maximum Gasteiger partial charge on any atom is 0.251 e. The molecular weight excluding hydrogens is 609 g/mol. The molecule has 0 aliphatic carbocycles. The molecule has 1 N–H and O–H groups in total. The first-order valence-electron chi connectivity index (χ1n) is 16.5. The Kier molecular flexibility index (Phi) is 12.0. The third kappa shape index (κ3) is 9.42. The Balaban J connectivity index is 1.29. The molecule has 9 heteroatoms. The molecule has 47 heavy (non-hydrogen) atoms. The smallest absolute Gasteiger partial charge is 0.251 e. The van der Waals surface area contributed by atoms with Gasteiger partial charge in [-0.3, -0.25) is 9.00 Å². The topological polar surface area (TPSA) is 85.7 Å². The van der Waals surface area contributed by atoms with Crippen molar-refractivity contribution in [2.24, 2.45) is 13.0 Å². The van der Waals surface area contributed by atoms with Crippen molar-refractivity contribution in [3.05, 3.63) is 96.1 Å². The first-order chi connectivity index (χ1) is 22.8. The quantitative estimate of drug-likeness (QED) is 0.134. The molecule has 2 heterocycles. The van der Waals surface area contributed by atoms with Crippen LogP contribution in [0.2, 0.25) is 0 Å². The lowest BCUT2D eigenvalue weighted by Gasteiger charge is -2.27. The Bertz CT molecular complexity index is 1680. The highest BCUT2D eigenvalue weighted by atomic mass is 32.2. The molecule has 0 saturated heterocycles. The minimum atomic E-state index is -1.23. The zero-order valence-electron chi connectivity index (χ0n) is 27.9. The van der Waals surface area contributed by atoms with E-state index in [1.165, 1.54) is 0 Å². The van der Waals surface area contributed by atoms with Crippen molar-refractivity contribution < 1.29 is 18.5 Å². The minimum Gasteiger partial charge on any atom is -0.491 e. The highest BCUT2D eigenvalue weighted by Crippen LogP contribution is 2.34. The molecule has 0 radical (unpaired) electrons. The molecule has 1 aromatic heterocycles. The number of benzene rings is 3. The first-order valence-corrected chi connectivity index (χ1v) is 17.8. The molecule has 5 rings (SSSR count). The van der Waals surface area contributed by atoms with Gasteiger partial charge in [0.1, 0.15) is 18.2 Å².